The number of rotatable bonds is 7. The zero-order valence-corrected chi connectivity index (χ0v) is 12.0. The molecule has 0 amide bonds. The zero-order valence-electron chi connectivity index (χ0n) is 12.0. The van der Waals surface area contributed by atoms with Gasteiger partial charge in [0.2, 0.25) is 0 Å². The smallest absolute Gasteiger partial charge is 0.123 e. The van der Waals surface area contributed by atoms with Crippen LogP contribution >= 0.6 is 0 Å². The topological polar surface area (TPSA) is 12.0 Å². The van der Waals surface area contributed by atoms with Gasteiger partial charge in [-0.25, -0.2) is 4.39 Å². The van der Waals surface area contributed by atoms with Crippen LogP contribution in [0.5, 0.6) is 0 Å². The summed E-state index contributed by atoms with van der Waals surface area (Å²) in [6, 6.07) is 7.74. The second-order valence-electron chi connectivity index (χ2n) is 5.33. The molecule has 1 nitrogen and oxygen atoms in total. The quantitative estimate of drug-likeness (QED) is 0.741. The maximum Gasteiger partial charge on any atom is 0.123 e. The maximum atomic E-state index is 13.0. The molecule has 0 radical (unpaired) electrons. The van der Waals surface area contributed by atoms with Gasteiger partial charge in [-0.05, 0) is 36.5 Å². The molecule has 0 aliphatic heterocycles. The van der Waals surface area contributed by atoms with E-state index in [2.05, 4.69) is 33.0 Å². The van der Waals surface area contributed by atoms with Gasteiger partial charge in [-0.1, -0.05) is 46.2 Å². The van der Waals surface area contributed by atoms with Crippen molar-refractivity contribution < 1.29 is 4.39 Å². The summed E-state index contributed by atoms with van der Waals surface area (Å²) in [4.78, 5) is 0. The molecule has 0 heterocycles. The van der Waals surface area contributed by atoms with Crippen molar-refractivity contribution in [1.82, 2.24) is 5.32 Å². The fourth-order valence-corrected chi connectivity index (χ4v) is 2.35. The molecular weight excluding hydrogens is 225 g/mol. The Balaban J connectivity index is 2.79. The highest BCUT2D eigenvalue weighted by molar-refractivity contribution is 5.20. The minimum Gasteiger partial charge on any atom is -0.307 e. The van der Waals surface area contributed by atoms with Crippen molar-refractivity contribution in [3.63, 3.8) is 0 Å². The van der Waals surface area contributed by atoms with E-state index in [0.29, 0.717) is 18.0 Å². The summed E-state index contributed by atoms with van der Waals surface area (Å²) in [5, 5.41) is 3.72. The first kappa shape index (κ1) is 15.2. The highest BCUT2D eigenvalue weighted by Crippen LogP contribution is 2.23. The predicted molar refractivity (Wildman–Crippen MR) is 76.1 cm³/mol. The molecule has 0 saturated carbocycles. The standard InChI is InChI=1S/C16H26FN/c1-5-7-15(6-2)18-16(12(3)4)13-8-10-14(17)11-9-13/h8-12,15-16,18H,5-7H2,1-4H3. The normalized spacial score (nSPS) is 14.8. The molecule has 2 atom stereocenters. The molecule has 0 saturated heterocycles. The van der Waals surface area contributed by atoms with Gasteiger partial charge in [-0.15, -0.1) is 0 Å². The van der Waals surface area contributed by atoms with Gasteiger partial charge in [0.05, 0.1) is 0 Å². The Kier molecular flexibility index (Phi) is 6.34. The number of benzene rings is 1. The van der Waals surface area contributed by atoms with Crippen molar-refractivity contribution >= 4 is 0 Å². The fourth-order valence-electron chi connectivity index (χ4n) is 2.35. The Bertz CT molecular complexity index is 331. The monoisotopic (exact) mass is 251 g/mol. The van der Waals surface area contributed by atoms with E-state index in [1.165, 1.54) is 18.4 Å². The van der Waals surface area contributed by atoms with E-state index < -0.39 is 0 Å². The molecule has 0 aliphatic rings. The molecule has 0 fully saturated rings. The summed E-state index contributed by atoms with van der Waals surface area (Å²) in [5.41, 5.74) is 1.18. The molecule has 2 unspecified atom stereocenters. The number of halogens is 1. The van der Waals surface area contributed by atoms with Crippen molar-refractivity contribution in [1.29, 1.82) is 0 Å². The first-order valence-corrected chi connectivity index (χ1v) is 7.10. The first-order chi connectivity index (χ1) is 8.58. The third kappa shape index (κ3) is 4.41. The summed E-state index contributed by atoms with van der Waals surface area (Å²) in [5.74, 6) is 0.336. The summed E-state index contributed by atoms with van der Waals surface area (Å²) in [6.45, 7) is 8.85. The molecule has 0 spiro atoms. The van der Waals surface area contributed by atoms with Crippen molar-refractivity contribution in [3.05, 3.63) is 35.6 Å². The second-order valence-corrected chi connectivity index (χ2v) is 5.33. The molecule has 2 heteroatoms. The lowest BCUT2D eigenvalue weighted by atomic mass is 9.94. The van der Waals surface area contributed by atoms with Gasteiger partial charge in [0, 0.05) is 12.1 Å². The first-order valence-electron chi connectivity index (χ1n) is 7.10. The van der Waals surface area contributed by atoms with Crippen LogP contribution in [0.2, 0.25) is 0 Å². The molecular formula is C16H26FN. The molecule has 0 aromatic heterocycles. The van der Waals surface area contributed by atoms with Crippen molar-refractivity contribution in [2.24, 2.45) is 5.92 Å². The highest BCUT2D eigenvalue weighted by Gasteiger charge is 2.18. The van der Waals surface area contributed by atoms with Gasteiger partial charge >= 0.3 is 0 Å². The minimum atomic E-state index is -0.165. The summed E-state index contributed by atoms with van der Waals surface area (Å²) >= 11 is 0. The number of hydrogen-bond acceptors (Lipinski definition) is 1. The van der Waals surface area contributed by atoms with Gasteiger partial charge < -0.3 is 5.32 Å². The Morgan fingerprint density at radius 2 is 1.72 bits per heavy atom. The van der Waals surface area contributed by atoms with Gasteiger partial charge in [0.25, 0.3) is 0 Å². The van der Waals surface area contributed by atoms with Crippen LogP contribution in [-0.2, 0) is 0 Å². The van der Waals surface area contributed by atoms with Gasteiger partial charge in [0.15, 0.2) is 0 Å². The maximum absolute atomic E-state index is 13.0. The van der Waals surface area contributed by atoms with Crippen LogP contribution in [0, 0.1) is 11.7 Å². The van der Waals surface area contributed by atoms with E-state index in [-0.39, 0.29) is 5.82 Å². The van der Waals surface area contributed by atoms with Crippen molar-refractivity contribution in [2.75, 3.05) is 0 Å². The van der Waals surface area contributed by atoms with Crippen molar-refractivity contribution in [2.45, 2.75) is 59.0 Å². The number of hydrogen-bond donors (Lipinski definition) is 1. The van der Waals surface area contributed by atoms with Gasteiger partial charge in [-0.2, -0.15) is 0 Å². The predicted octanol–water partition coefficient (Wildman–Crippen LogP) is 4.69. The van der Waals surface area contributed by atoms with Crippen LogP contribution in [0.1, 0.15) is 58.6 Å². The van der Waals surface area contributed by atoms with E-state index in [0.717, 1.165) is 6.42 Å². The number of nitrogens with one attached hydrogen (secondary N) is 1. The van der Waals surface area contributed by atoms with Crippen LogP contribution in [0.3, 0.4) is 0 Å². The van der Waals surface area contributed by atoms with E-state index in [1.54, 1.807) is 12.1 Å². The zero-order chi connectivity index (χ0) is 13.5. The van der Waals surface area contributed by atoms with Crippen molar-refractivity contribution in [3.8, 4) is 0 Å². The SMILES string of the molecule is CCCC(CC)NC(c1ccc(F)cc1)C(C)C. The van der Waals surface area contributed by atoms with Crippen LogP contribution in [-0.4, -0.2) is 6.04 Å². The van der Waals surface area contributed by atoms with E-state index in [9.17, 15) is 4.39 Å². The van der Waals surface area contributed by atoms with Crippen LogP contribution in [0.25, 0.3) is 0 Å². The van der Waals surface area contributed by atoms with Crippen LogP contribution in [0.4, 0.5) is 4.39 Å². The van der Waals surface area contributed by atoms with Gasteiger partial charge in [-0.3, -0.25) is 0 Å². The molecule has 1 aromatic carbocycles. The van der Waals surface area contributed by atoms with Crippen LogP contribution < -0.4 is 5.32 Å². The Morgan fingerprint density at radius 3 is 2.17 bits per heavy atom. The molecule has 1 aromatic rings. The van der Waals surface area contributed by atoms with Crippen LogP contribution in [0.15, 0.2) is 24.3 Å². The summed E-state index contributed by atoms with van der Waals surface area (Å²) in [7, 11) is 0. The molecule has 1 rings (SSSR count). The lowest BCUT2D eigenvalue weighted by Crippen LogP contribution is -2.35. The Hall–Kier alpha value is -0.890. The van der Waals surface area contributed by atoms with E-state index >= 15 is 0 Å². The van der Waals surface area contributed by atoms with E-state index in [4.69, 9.17) is 0 Å². The molecule has 18 heavy (non-hydrogen) atoms. The summed E-state index contributed by atoms with van der Waals surface area (Å²) in [6.07, 6.45) is 3.53. The fraction of sp³-hybridized carbons (Fsp3) is 0.625. The van der Waals surface area contributed by atoms with Gasteiger partial charge in [0.1, 0.15) is 5.82 Å². The third-order valence-corrected chi connectivity index (χ3v) is 3.44. The Morgan fingerprint density at radius 1 is 1.11 bits per heavy atom. The second kappa shape index (κ2) is 7.52. The highest BCUT2D eigenvalue weighted by atomic mass is 19.1. The average molecular weight is 251 g/mol. The molecule has 0 aliphatic carbocycles. The third-order valence-electron chi connectivity index (χ3n) is 3.44. The molecule has 1 N–H and O–H groups in total. The average Bonchev–Trinajstić information content (AvgIpc) is 2.35. The minimum absolute atomic E-state index is 0.165. The molecule has 0 bridgehead atoms. The largest absolute Gasteiger partial charge is 0.307 e. The lowest BCUT2D eigenvalue weighted by molar-refractivity contribution is 0.339. The Labute approximate surface area is 111 Å². The van der Waals surface area contributed by atoms with E-state index in [1.807, 2.05) is 12.1 Å². The lowest BCUT2D eigenvalue weighted by Gasteiger charge is -2.28. The molecule has 102 valence electrons. The summed E-state index contributed by atoms with van der Waals surface area (Å²) < 4.78 is 13.0.